The summed E-state index contributed by atoms with van der Waals surface area (Å²) in [6.45, 7) is 3.59. The highest BCUT2D eigenvalue weighted by Crippen LogP contribution is 2.30. The van der Waals surface area contributed by atoms with Crippen molar-refractivity contribution in [1.29, 1.82) is 0 Å². The second kappa shape index (κ2) is 5.22. The van der Waals surface area contributed by atoms with Gasteiger partial charge in [0.2, 0.25) is 0 Å². The van der Waals surface area contributed by atoms with Gasteiger partial charge < -0.3 is 15.5 Å². The summed E-state index contributed by atoms with van der Waals surface area (Å²) in [5.41, 5.74) is 6.81. The first-order valence-corrected chi connectivity index (χ1v) is 6.05. The number of nitro benzene ring substituents is 1. The van der Waals surface area contributed by atoms with E-state index in [0.29, 0.717) is 11.4 Å². The van der Waals surface area contributed by atoms with Gasteiger partial charge in [-0.25, -0.2) is 0 Å². The molecule has 98 valence electrons. The molecule has 0 aromatic heterocycles. The van der Waals surface area contributed by atoms with Crippen LogP contribution in [0.5, 0.6) is 0 Å². The predicted molar refractivity (Wildman–Crippen MR) is 71.8 cm³/mol. The van der Waals surface area contributed by atoms with Crippen LogP contribution in [0.3, 0.4) is 0 Å². The highest BCUT2D eigenvalue weighted by molar-refractivity contribution is 5.68. The summed E-state index contributed by atoms with van der Waals surface area (Å²) in [6, 6.07) is 4.90. The van der Waals surface area contributed by atoms with Crippen molar-refractivity contribution < 1.29 is 4.92 Å². The molecule has 1 aromatic rings. The van der Waals surface area contributed by atoms with E-state index in [4.69, 9.17) is 5.73 Å². The van der Waals surface area contributed by atoms with Crippen LogP contribution in [0.25, 0.3) is 0 Å². The van der Waals surface area contributed by atoms with E-state index in [2.05, 4.69) is 16.8 Å². The third-order valence-electron chi connectivity index (χ3n) is 3.26. The molecule has 1 aliphatic heterocycles. The quantitative estimate of drug-likeness (QED) is 0.486. The van der Waals surface area contributed by atoms with Gasteiger partial charge in [-0.05, 0) is 32.1 Å². The number of rotatable bonds is 2. The van der Waals surface area contributed by atoms with Crippen LogP contribution in [0.15, 0.2) is 18.2 Å². The third kappa shape index (κ3) is 2.70. The maximum absolute atomic E-state index is 11.1. The molecule has 2 rings (SSSR count). The van der Waals surface area contributed by atoms with Crippen molar-refractivity contribution in [3.8, 4) is 0 Å². The third-order valence-corrected chi connectivity index (χ3v) is 3.26. The highest BCUT2D eigenvalue weighted by atomic mass is 16.6. The van der Waals surface area contributed by atoms with Crippen molar-refractivity contribution in [1.82, 2.24) is 4.90 Å². The van der Waals surface area contributed by atoms with E-state index in [1.54, 1.807) is 12.1 Å². The Labute approximate surface area is 106 Å². The van der Waals surface area contributed by atoms with Gasteiger partial charge >= 0.3 is 0 Å². The molecule has 6 nitrogen and oxygen atoms in total. The molecule has 0 aliphatic carbocycles. The minimum atomic E-state index is -0.361. The number of nitro groups is 1. The molecule has 0 atom stereocenters. The van der Waals surface area contributed by atoms with Gasteiger partial charge in [0, 0.05) is 31.4 Å². The van der Waals surface area contributed by atoms with Crippen LogP contribution in [0.4, 0.5) is 17.1 Å². The Balaban J connectivity index is 2.29. The van der Waals surface area contributed by atoms with Gasteiger partial charge in [-0.1, -0.05) is 0 Å². The summed E-state index contributed by atoms with van der Waals surface area (Å²) < 4.78 is 0. The average Bonchev–Trinajstić information content (AvgIpc) is 2.54. The lowest BCUT2D eigenvalue weighted by molar-refractivity contribution is -0.384. The summed E-state index contributed by atoms with van der Waals surface area (Å²) in [6.07, 6.45) is 1.01. The number of anilines is 2. The fourth-order valence-electron chi connectivity index (χ4n) is 2.24. The van der Waals surface area contributed by atoms with E-state index in [0.717, 1.165) is 32.6 Å². The van der Waals surface area contributed by atoms with Crippen LogP contribution in [-0.2, 0) is 0 Å². The SMILES string of the molecule is CN1CCCN(c2ccc(N)cc2[N+](=O)[O-])CC1. The summed E-state index contributed by atoms with van der Waals surface area (Å²) >= 11 is 0. The summed E-state index contributed by atoms with van der Waals surface area (Å²) in [5, 5.41) is 11.1. The number of likely N-dealkylation sites (N-methyl/N-ethyl adjacent to an activating group) is 1. The van der Waals surface area contributed by atoms with Gasteiger partial charge in [0.1, 0.15) is 5.69 Å². The van der Waals surface area contributed by atoms with Crippen LogP contribution >= 0.6 is 0 Å². The van der Waals surface area contributed by atoms with Crippen molar-refractivity contribution in [3.63, 3.8) is 0 Å². The molecule has 0 bridgehead atoms. The van der Waals surface area contributed by atoms with E-state index in [9.17, 15) is 10.1 Å². The Kier molecular flexibility index (Phi) is 3.66. The zero-order chi connectivity index (χ0) is 13.1. The molecule has 1 fully saturated rings. The van der Waals surface area contributed by atoms with E-state index in [1.165, 1.54) is 6.07 Å². The van der Waals surface area contributed by atoms with Crippen molar-refractivity contribution in [2.45, 2.75) is 6.42 Å². The van der Waals surface area contributed by atoms with E-state index >= 15 is 0 Å². The Hall–Kier alpha value is -1.82. The lowest BCUT2D eigenvalue weighted by Crippen LogP contribution is -2.29. The smallest absolute Gasteiger partial charge is 0.294 e. The first-order chi connectivity index (χ1) is 8.58. The molecule has 1 aliphatic rings. The van der Waals surface area contributed by atoms with Crippen molar-refractivity contribution >= 4 is 17.1 Å². The van der Waals surface area contributed by atoms with Gasteiger partial charge in [0.05, 0.1) is 4.92 Å². The van der Waals surface area contributed by atoms with Crippen LogP contribution < -0.4 is 10.6 Å². The Morgan fingerprint density at radius 3 is 2.78 bits per heavy atom. The molecule has 1 heterocycles. The van der Waals surface area contributed by atoms with Crippen LogP contribution in [0, 0.1) is 10.1 Å². The summed E-state index contributed by atoms with van der Waals surface area (Å²) in [5.74, 6) is 0. The van der Waals surface area contributed by atoms with Gasteiger partial charge in [-0.15, -0.1) is 0 Å². The fraction of sp³-hybridized carbons (Fsp3) is 0.500. The molecule has 18 heavy (non-hydrogen) atoms. The van der Waals surface area contributed by atoms with Gasteiger partial charge in [-0.3, -0.25) is 10.1 Å². The first kappa shape index (κ1) is 12.6. The molecule has 2 N–H and O–H groups in total. The molecule has 0 unspecified atom stereocenters. The monoisotopic (exact) mass is 250 g/mol. The number of nitrogen functional groups attached to an aromatic ring is 1. The van der Waals surface area contributed by atoms with Crippen molar-refractivity contribution in [2.75, 3.05) is 43.9 Å². The fourth-order valence-corrected chi connectivity index (χ4v) is 2.24. The molecule has 6 heteroatoms. The maximum atomic E-state index is 11.1. The van der Waals surface area contributed by atoms with Gasteiger partial charge in [-0.2, -0.15) is 0 Å². The highest BCUT2D eigenvalue weighted by Gasteiger charge is 2.21. The Morgan fingerprint density at radius 2 is 2.06 bits per heavy atom. The summed E-state index contributed by atoms with van der Waals surface area (Å²) in [4.78, 5) is 15.0. The van der Waals surface area contributed by atoms with E-state index < -0.39 is 0 Å². The maximum Gasteiger partial charge on any atom is 0.294 e. The minimum absolute atomic E-state index is 0.0968. The van der Waals surface area contributed by atoms with Crippen LogP contribution in [0.2, 0.25) is 0 Å². The molecule has 1 saturated heterocycles. The number of nitrogens with two attached hydrogens (primary N) is 1. The van der Waals surface area contributed by atoms with E-state index in [-0.39, 0.29) is 10.6 Å². The minimum Gasteiger partial charge on any atom is -0.399 e. The molecular formula is C12H18N4O2. The second-order valence-electron chi connectivity index (χ2n) is 4.65. The number of hydrogen-bond acceptors (Lipinski definition) is 5. The predicted octanol–water partition coefficient (Wildman–Crippen LogP) is 1.32. The molecule has 1 aromatic carbocycles. The van der Waals surface area contributed by atoms with Gasteiger partial charge in [0.15, 0.2) is 0 Å². The largest absolute Gasteiger partial charge is 0.399 e. The number of nitrogens with zero attached hydrogens (tertiary/aromatic N) is 3. The molecule has 0 saturated carbocycles. The number of benzene rings is 1. The molecule has 0 amide bonds. The Morgan fingerprint density at radius 1 is 1.28 bits per heavy atom. The van der Waals surface area contributed by atoms with Gasteiger partial charge in [0.25, 0.3) is 5.69 Å². The molecule has 0 radical (unpaired) electrons. The molecular weight excluding hydrogens is 232 g/mol. The first-order valence-electron chi connectivity index (χ1n) is 6.05. The average molecular weight is 250 g/mol. The topological polar surface area (TPSA) is 75.6 Å². The standard InChI is InChI=1S/C12H18N4O2/c1-14-5-2-6-15(8-7-14)11-4-3-10(13)9-12(11)16(17)18/h3-4,9H,2,5-8,13H2,1H3. The van der Waals surface area contributed by atoms with Crippen LogP contribution in [0.1, 0.15) is 6.42 Å². The zero-order valence-electron chi connectivity index (χ0n) is 10.5. The zero-order valence-corrected chi connectivity index (χ0v) is 10.5. The normalized spacial score (nSPS) is 17.5. The molecule has 0 spiro atoms. The lowest BCUT2D eigenvalue weighted by atomic mass is 10.2. The summed E-state index contributed by atoms with van der Waals surface area (Å²) in [7, 11) is 2.07. The van der Waals surface area contributed by atoms with Crippen LogP contribution in [-0.4, -0.2) is 43.0 Å². The van der Waals surface area contributed by atoms with E-state index in [1.807, 2.05) is 0 Å². The second-order valence-corrected chi connectivity index (χ2v) is 4.65. The van der Waals surface area contributed by atoms with Crippen molar-refractivity contribution in [3.05, 3.63) is 28.3 Å². The number of hydrogen-bond donors (Lipinski definition) is 1. The Bertz CT molecular complexity index is 450. The lowest BCUT2D eigenvalue weighted by Gasteiger charge is -2.22. The van der Waals surface area contributed by atoms with Crippen molar-refractivity contribution in [2.24, 2.45) is 0 Å².